The van der Waals surface area contributed by atoms with Crippen LogP contribution in [0.15, 0.2) is 29.1 Å². The molecule has 2 aromatic rings. The Kier molecular flexibility index (Phi) is 7.06. The van der Waals surface area contributed by atoms with Crippen LogP contribution in [-0.4, -0.2) is 80.3 Å². The summed E-state index contributed by atoms with van der Waals surface area (Å²) in [5.41, 5.74) is 2.98. The molecule has 0 aliphatic carbocycles. The molecular formula is C23H32N6O3. The molecule has 2 N–H and O–H groups in total. The van der Waals surface area contributed by atoms with Gasteiger partial charge in [0.25, 0.3) is 5.56 Å². The van der Waals surface area contributed by atoms with Gasteiger partial charge in [-0.15, -0.1) is 0 Å². The molecule has 2 fully saturated rings. The van der Waals surface area contributed by atoms with Crippen LogP contribution < -0.4 is 20.7 Å². The largest absolute Gasteiger partial charge is 0.378 e. The van der Waals surface area contributed by atoms with Crippen molar-refractivity contribution in [1.82, 2.24) is 14.9 Å². The molecule has 1 aromatic carbocycles. The quantitative estimate of drug-likeness (QED) is 0.698. The second-order valence-electron chi connectivity index (χ2n) is 8.44. The fourth-order valence-electron chi connectivity index (χ4n) is 4.10. The highest BCUT2D eigenvalue weighted by Gasteiger charge is 2.17. The molecule has 9 nitrogen and oxygen atoms in total. The van der Waals surface area contributed by atoms with E-state index in [1.807, 2.05) is 36.1 Å². The number of amides is 1. The van der Waals surface area contributed by atoms with Crippen molar-refractivity contribution in [2.75, 3.05) is 74.6 Å². The number of hydrogen-bond donors (Lipinski definition) is 2. The van der Waals surface area contributed by atoms with Gasteiger partial charge in [-0.25, -0.2) is 4.98 Å². The first-order valence-corrected chi connectivity index (χ1v) is 11.3. The third kappa shape index (κ3) is 5.46. The van der Waals surface area contributed by atoms with Crippen LogP contribution in [0.2, 0.25) is 0 Å². The minimum absolute atomic E-state index is 0.117. The smallest absolute Gasteiger partial charge is 0.255 e. The van der Waals surface area contributed by atoms with Gasteiger partial charge in [-0.1, -0.05) is 0 Å². The predicted molar refractivity (Wildman–Crippen MR) is 126 cm³/mol. The highest BCUT2D eigenvalue weighted by Crippen LogP contribution is 2.19. The molecule has 0 radical (unpaired) electrons. The van der Waals surface area contributed by atoms with Crippen LogP contribution in [0.1, 0.15) is 17.7 Å². The van der Waals surface area contributed by atoms with Crippen molar-refractivity contribution in [2.24, 2.45) is 0 Å². The van der Waals surface area contributed by atoms with Gasteiger partial charge >= 0.3 is 0 Å². The Morgan fingerprint density at radius 1 is 1.06 bits per heavy atom. The van der Waals surface area contributed by atoms with Crippen LogP contribution in [0, 0.1) is 6.92 Å². The van der Waals surface area contributed by atoms with Gasteiger partial charge in [-0.3, -0.25) is 14.6 Å². The number of H-pyrrole nitrogens is 1. The van der Waals surface area contributed by atoms with Gasteiger partial charge < -0.3 is 24.8 Å². The Labute approximate surface area is 188 Å². The number of likely N-dealkylation sites (N-methyl/N-ethyl adjacent to an activating group) is 1. The first kappa shape index (κ1) is 22.3. The third-order valence-corrected chi connectivity index (χ3v) is 6.14. The van der Waals surface area contributed by atoms with Gasteiger partial charge in [-0.05, 0) is 44.7 Å². The monoisotopic (exact) mass is 440 g/mol. The second kappa shape index (κ2) is 10.1. The highest BCUT2D eigenvalue weighted by molar-refractivity contribution is 5.91. The zero-order chi connectivity index (χ0) is 22.5. The Hall–Kier alpha value is -2.91. The van der Waals surface area contributed by atoms with Crippen molar-refractivity contribution in [2.45, 2.75) is 19.8 Å². The summed E-state index contributed by atoms with van der Waals surface area (Å²) in [4.78, 5) is 39.2. The molecule has 3 heterocycles. The number of aromatic nitrogens is 2. The molecule has 0 atom stereocenters. The molecule has 4 rings (SSSR count). The maximum absolute atomic E-state index is 12.6. The number of benzene rings is 1. The van der Waals surface area contributed by atoms with E-state index in [0.717, 1.165) is 31.9 Å². The van der Waals surface area contributed by atoms with Gasteiger partial charge in [0, 0.05) is 68.3 Å². The summed E-state index contributed by atoms with van der Waals surface area (Å²) >= 11 is 0. The maximum Gasteiger partial charge on any atom is 0.255 e. The minimum atomic E-state index is -0.177. The van der Waals surface area contributed by atoms with Crippen LogP contribution in [-0.2, 0) is 16.0 Å². The Morgan fingerprint density at radius 2 is 1.75 bits per heavy atom. The highest BCUT2D eigenvalue weighted by atomic mass is 16.5. The molecule has 2 aliphatic heterocycles. The topological polar surface area (TPSA) is 93.8 Å². The van der Waals surface area contributed by atoms with Crippen LogP contribution in [0.5, 0.6) is 0 Å². The fourth-order valence-corrected chi connectivity index (χ4v) is 4.10. The van der Waals surface area contributed by atoms with Gasteiger partial charge in [0.05, 0.1) is 13.2 Å². The lowest BCUT2D eigenvalue weighted by Gasteiger charge is -2.34. The van der Waals surface area contributed by atoms with E-state index in [9.17, 15) is 9.59 Å². The van der Waals surface area contributed by atoms with E-state index in [1.165, 1.54) is 5.69 Å². The Morgan fingerprint density at radius 3 is 2.41 bits per heavy atom. The maximum atomic E-state index is 12.6. The van der Waals surface area contributed by atoms with Crippen molar-refractivity contribution in [3.05, 3.63) is 45.9 Å². The van der Waals surface area contributed by atoms with E-state index in [1.54, 1.807) is 0 Å². The standard InChI is InChI=1S/C23H32N6O3/c1-17-20(22(31)26-23(24-17)29-13-15-32-16-14-29)7-8-21(30)25-18-3-5-19(6-4-18)28-11-9-27(2)10-12-28/h3-6H,7-16H2,1-2H3,(H,25,30)(H,24,26,31). The molecule has 0 unspecified atom stereocenters. The predicted octanol–water partition coefficient (Wildman–Crippen LogP) is 1.24. The third-order valence-electron chi connectivity index (χ3n) is 6.14. The zero-order valence-electron chi connectivity index (χ0n) is 18.9. The van der Waals surface area contributed by atoms with Crippen molar-refractivity contribution in [3.8, 4) is 0 Å². The molecule has 2 saturated heterocycles. The summed E-state index contributed by atoms with van der Waals surface area (Å²) in [5.74, 6) is 0.456. The molecule has 1 amide bonds. The number of aromatic amines is 1. The van der Waals surface area contributed by atoms with Crippen molar-refractivity contribution in [1.29, 1.82) is 0 Å². The Bertz CT molecular complexity index is 976. The van der Waals surface area contributed by atoms with E-state index in [2.05, 4.69) is 32.1 Å². The molecule has 0 bridgehead atoms. The van der Waals surface area contributed by atoms with Crippen LogP contribution in [0.4, 0.5) is 17.3 Å². The number of rotatable bonds is 6. The number of carbonyl (C=O) groups excluding carboxylic acids is 1. The molecule has 1 aromatic heterocycles. The summed E-state index contributed by atoms with van der Waals surface area (Å²) in [6.45, 7) is 8.61. The number of carbonyl (C=O) groups is 1. The van der Waals surface area contributed by atoms with E-state index >= 15 is 0 Å². The lowest BCUT2D eigenvalue weighted by atomic mass is 10.1. The Balaban J connectivity index is 1.31. The fraction of sp³-hybridized carbons (Fsp3) is 0.522. The second-order valence-corrected chi connectivity index (χ2v) is 8.44. The molecular weight excluding hydrogens is 408 g/mol. The van der Waals surface area contributed by atoms with E-state index < -0.39 is 0 Å². The zero-order valence-corrected chi connectivity index (χ0v) is 18.9. The van der Waals surface area contributed by atoms with Crippen molar-refractivity contribution in [3.63, 3.8) is 0 Å². The lowest BCUT2D eigenvalue weighted by molar-refractivity contribution is -0.116. The number of piperazine rings is 1. The number of nitrogens with zero attached hydrogens (tertiary/aromatic N) is 4. The van der Waals surface area contributed by atoms with Gasteiger partial charge in [0.1, 0.15) is 0 Å². The first-order valence-electron chi connectivity index (χ1n) is 11.3. The number of morpholine rings is 1. The summed E-state index contributed by atoms with van der Waals surface area (Å²) < 4.78 is 5.35. The summed E-state index contributed by atoms with van der Waals surface area (Å²) in [7, 11) is 2.14. The number of ether oxygens (including phenoxy) is 1. The van der Waals surface area contributed by atoms with Crippen LogP contribution in [0.25, 0.3) is 0 Å². The van der Waals surface area contributed by atoms with Crippen molar-refractivity contribution >= 4 is 23.2 Å². The number of hydrogen-bond acceptors (Lipinski definition) is 7. The molecule has 0 spiro atoms. The molecule has 0 saturated carbocycles. The number of anilines is 3. The molecule has 172 valence electrons. The summed E-state index contributed by atoms with van der Waals surface area (Å²) in [6.07, 6.45) is 0.575. The lowest BCUT2D eigenvalue weighted by Crippen LogP contribution is -2.44. The minimum Gasteiger partial charge on any atom is -0.378 e. The van der Waals surface area contributed by atoms with Gasteiger partial charge in [-0.2, -0.15) is 0 Å². The number of aryl methyl sites for hydroxylation is 1. The van der Waals surface area contributed by atoms with Gasteiger partial charge in [0.15, 0.2) is 0 Å². The average molecular weight is 441 g/mol. The SMILES string of the molecule is Cc1nc(N2CCOCC2)[nH]c(=O)c1CCC(=O)Nc1ccc(N2CCN(C)CC2)cc1. The molecule has 2 aliphatic rings. The van der Waals surface area contributed by atoms with Crippen LogP contribution in [0.3, 0.4) is 0 Å². The van der Waals surface area contributed by atoms with Crippen LogP contribution >= 0.6 is 0 Å². The average Bonchev–Trinajstić information content (AvgIpc) is 2.80. The van der Waals surface area contributed by atoms with Crippen molar-refractivity contribution < 1.29 is 9.53 Å². The summed E-state index contributed by atoms with van der Waals surface area (Å²) in [5, 5.41) is 2.93. The van der Waals surface area contributed by atoms with E-state index in [-0.39, 0.29) is 17.9 Å². The van der Waals surface area contributed by atoms with E-state index in [4.69, 9.17) is 4.74 Å². The first-order chi connectivity index (χ1) is 15.5. The number of nitrogens with one attached hydrogen (secondary N) is 2. The normalized spacial score (nSPS) is 17.4. The molecule has 9 heteroatoms. The summed E-state index contributed by atoms with van der Waals surface area (Å²) in [6, 6.07) is 7.96. The molecule has 32 heavy (non-hydrogen) atoms. The van der Waals surface area contributed by atoms with E-state index in [0.29, 0.717) is 49.9 Å². The van der Waals surface area contributed by atoms with Gasteiger partial charge in [0.2, 0.25) is 11.9 Å².